The minimum Gasteiger partial charge on any atom is -0.497 e. The van der Waals surface area contributed by atoms with Crippen LogP contribution < -0.4 is 10.1 Å². The number of methoxy groups -OCH3 is 1. The number of hydrogen-bond donors (Lipinski definition) is 1. The van der Waals surface area contributed by atoms with Crippen molar-refractivity contribution in [2.45, 2.75) is 19.3 Å². The van der Waals surface area contributed by atoms with E-state index < -0.39 is 0 Å². The fraction of sp³-hybridized carbons (Fsp3) is 0.190. The number of amides is 1. The SMILES string of the molecule is COc1ccc(-c2csc3c2NC(=O)C[C@@H]3c2cccc(C)c2)cc1. The first kappa shape index (κ1) is 15.9. The number of thiophene rings is 1. The first-order chi connectivity index (χ1) is 12.2. The number of benzene rings is 2. The number of nitrogens with one attached hydrogen (secondary N) is 1. The highest BCUT2D eigenvalue weighted by Gasteiger charge is 2.30. The Morgan fingerprint density at radius 3 is 2.68 bits per heavy atom. The fourth-order valence-electron chi connectivity index (χ4n) is 3.37. The maximum absolute atomic E-state index is 12.3. The Kier molecular flexibility index (Phi) is 4.06. The summed E-state index contributed by atoms with van der Waals surface area (Å²) in [4.78, 5) is 13.6. The van der Waals surface area contributed by atoms with Crippen LogP contribution in [0.4, 0.5) is 5.69 Å². The van der Waals surface area contributed by atoms with Crippen LogP contribution in [0.15, 0.2) is 53.9 Å². The molecular weight excluding hydrogens is 330 g/mol. The van der Waals surface area contributed by atoms with Gasteiger partial charge in [0.1, 0.15) is 5.75 Å². The minimum absolute atomic E-state index is 0.0761. The average Bonchev–Trinajstić information content (AvgIpc) is 3.04. The highest BCUT2D eigenvalue weighted by atomic mass is 32.1. The summed E-state index contributed by atoms with van der Waals surface area (Å²) in [6.07, 6.45) is 0.499. The van der Waals surface area contributed by atoms with Crippen molar-refractivity contribution >= 4 is 22.9 Å². The summed E-state index contributed by atoms with van der Waals surface area (Å²) in [6.45, 7) is 2.09. The second-order valence-electron chi connectivity index (χ2n) is 6.34. The van der Waals surface area contributed by atoms with Crippen LogP contribution in [0.3, 0.4) is 0 Å². The number of fused-ring (bicyclic) bond motifs is 1. The van der Waals surface area contributed by atoms with E-state index in [-0.39, 0.29) is 11.8 Å². The molecule has 0 saturated carbocycles. The number of hydrogen-bond acceptors (Lipinski definition) is 3. The van der Waals surface area contributed by atoms with Crippen molar-refractivity contribution < 1.29 is 9.53 Å². The molecule has 0 saturated heterocycles. The van der Waals surface area contributed by atoms with Gasteiger partial charge in [-0.3, -0.25) is 4.79 Å². The van der Waals surface area contributed by atoms with Crippen LogP contribution >= 0.6 is 11.3 Å². The zero-order valence-electron chi connectivity index (χ0n) is 14.2. The van der Waals surface area contributed by atoms with Crippen molar-refractivity contribution in [3.05, 3.63) is 69.9 Å². The topological polar surface area (TPSA) is 38.3 Å². The number of ether oxygens (including phenoxy) is 1. The van der Waals surface area contributed by atoms with Crippen LogP contribution in [0.25, 0.3) is 11.1 Å². The van der Waals surface area contributed by atoms with Gasteiger partial charge >= 0.3 is 0 Å². The van der Waals surface area contributed by atoms with Gasteiger partial charge in [0.05, 0.1) is 12.8 Å². The average molecular weight is 349 g/mol. The van der Waals surface area contributed by atoms with Gasteiger partial charge < -0.3 is 10.1 Å². The van der Waals surface area contributed by atoms with Gasteiger partial charge in [-0.15, -0.1) is 11.3 Å². The van der Waals surface area contributed by atoms with Gasteiger partial charge in [0, 0.05) is 28.2 Å². The van der Waals surface area contributed by atoms with E-state index >= 15 is 0 Å². The Bertz CT molecular complexity index is 927. The lowest BCUT2D eigenvalue weighted by Gasteiger charge is -2.24. The first-order valence-corrected chi connectivity index (χ1v) is 9.16. The third-order valence-electron chi connectivity index (χ3n) is 4.64. The molecule has 25 heavy (non-hydrogen) atoms. The predicted octanol–water partition coefficient (Wildman–Crippen LogP) is 5.21. The van der Waals surface area contributed by atoms with Crippen LogP contribution in [-0.2, 0) is 4.79 Å². The Morgan fingerprint density at radius 1 is 1.16 bits per heavy atom. The van der Waals surface area contributed by atoms with E-state index in [2.05, 4.69) is 41.9 Å². The second-order valence-corrected chi connectivity index (χ2v) is 7.25. The molecule has 3 nitrogen and oxygen atoms in total. The van der Waals surface area contributed by atoms with E-state index in [4.69, 9.17) is 4.74 Å². The molecule has 126 valence electrons. The highest BCUT2D eigenvalue weighted by molar-refractivity contribution is 7.11. The van der Waals surface area contributed by atoms with Crippen molar-refractivity contribution in [1.29, 1.82) is 0 Å². The zero-order chi connectivity index (χ0) is 17.4. The van der Waals surface area contributed by atoms with E-state index in [1.165, 1.54) is 16.0 Å². The van der Waals surface area contributed by atoms with E-state index in [9.17, 15) is 4.79 Å². The summed E-state index contributed by atoms with van der Waals surface area (Å²) in [6, 6.07) is 16.4. The molecule has 1 aliphatic heterocycles. The summed E-state index contributed by atoms with van der Waals surface area (Å²) >= 11 is 1.72. The molecule has 0 spiro atoms. The second kappa shape index (κ2) is 6.37. The maximum atomic E-state index is 12.3. The van der Waals surface area contributed by atoms with E-state index in [0.29, 0.717) is 6.42 Å². The monoisotopic (exact) mass is 349 g/mol. The highest BCUT2D eigenvalue weighted by Crippen LogP contribution is 2.46. The summed E-state index contributed by atoms with van der Waals surface area (Å²) in [5.74, 6) is 1.03. The number of carbonyl (C=O) groups is 1. The molecule has 0 unspecified atom stereocenters. The number of carbonyl (C=O) groups excluding carboxylic acids is 1. The van der Waals surface area contributed by atoms with Gasteiger partial charge in [-0.1, -0.05) is 42.0 Å². The van der Waals surface area contributed by atoms with Crippen molar-refractivity contribution in [2.24, 2.45) is 0 Å². The molecule has 1 amide bonds. The molecule has 4 heteroatoms. The smallest absolute Gasteiger partial charge is 0.225 e. The minimum atomic E-state index is 0.0761. The van der Waals surface area contributed by atoms with Gasteiger partial charge in [-0.25, -0.2) is 0 Å². The summed E-state index contributed by atoms with van der Waals surface area (Å²) in [5, 5.41) is 5.23. The molecule has 0 bridgehead atoms. The predicted molar refractivity (Wildman–Crippen MR) is 103 cm³/mol. The molecule has 4 rings (SSSR count). The Morgan fingerprint density at radius 2 is 1.96 bits per heavy atom. The van der Waals surface area contributed by atoms with Crippen LogP contribution in [0.5, 0.6) is 5.75 Å². The molecule has 2 aromatic carbocycles. The molecule has 0 aliphatic carbocycles. The molecular formula is C21H19NO2S. The van der Waals surface area contributed by atoms with E-state index in [0.717, 1.165) is 22.6 Å². The Labute approximate surface area is 151 Å². The molecule has 3 aromatic rings. The quantitative estimate of drug-likeness (QED) is 0.705. The van der Waals surface area contributed by atoms with Crippen LogP contribution in [0.1, 0.15) is 28.3 Å². The van der Waals surface area contributed by atoms with E-state index in [1.54, 1.807) is 18.4 Å². The molecule has 2 heterocycles. The zero-order valence-corrected chi connectivity index (χ0v) is 15.0. The van der Waals surface area contributed by atoms with Crippen LogP contribution in [-0.4, -0.2) is 13.0 Å². The van der Waals surface area contributed by atoms with Gasteiger partial charge in [0.25, 0.3) is 0 Å². The van der Waals surface area contributed by atoms with Gasteiger partial charge in [0.2, 0.25) is 5.91 Å². The van der Waals surface area contributed by atoms with Gasteiger partial charge in [-0.05, 0) is 30.2 Å². The molecule has 0 fully saturated rings. The molecule has 1 aromatic heterocycles. The summed E-state index contributed by atoms with van der Waals surface area (Å²) < 4.78 is 5.24. The fourth-order valence-corrected chi connectivity index (χ4v) is 4.53. The van der Waals surface area contributed by atoms with Crippen molar-refractivity contribution in [2.75, 3.05) is 12.4 Å². The molecule has 1 N–H and O–H groups in total. The lowest BCUT2D eigenvalue weighted by atomic mass is 9.88. The number of aryl methyl sites for hydroxylation is 1. The van der Waals surface area contributed by atoms with Crippen LogP contribution in [0.2, 0.25) is 0 Å². The molecule has 0 radical (unpaired) electrons. The third kappa shape index (κ3) is 2.94. The summed E-state index contributed by atoms with van der Waals surface area (Å²) in [5.41, 5.74) is 5.55. The van der Waals surface area contributed by atoms with Gasteiger partial charge in [-0.2, -0.15) is 0 Å². The number of rotatable bonds is 3. The third-order valence-corrected chi connectivity index (χ3v) is 5.73. The summed E-state index contributed by atoms with van der Waals surface area (Å²) in [7, 11) is 1.66. The van der Waals surface area contributed by atoms with Gasteiger partial charge in [0.15, 0.2) is 0 Å². The lowest BCUT2D eigenvalue weighted by Crippen LogP contribution is -2.22. The van der Waals surface area contributed by atoms with Crippen molar-refractivity contribution in [1.82, 2.24) is 0 Å². The largest absolute Gasteiger partial charge is 0.497 e. The molecule has 1 aliphatic rings. The van der Waals surface area contributed by atoms with Crippen molar-refractivity contribution in [3.63, 3.8) is 0 Å². The maximum Gasteiger partial charge on any atom is 0.225 e. The molecule has 1 atom stereocenters. The lowest BCUT2D eigenvalue weighted by molar-refractivity contribution is -0.116. The first-order valence-electron chi connectivity index (χ1n) is 8.28. The van der Waals surface area contributed by atoms with Crippen molar-refractivity contribution in [3.8, 4) is 16.9 Å². The Balaban J connectivity index is 1.78. The normalized spacial score (nSPS) is 16.2. The van der Waals surface area contributed by atoms with E-state index in [1.807, 2.05) is 24.3 Å². The standard InChI is InChI=1S/C21H19NO2S/c1-13-4-3-5-15(10-13)17-11-19(23)22-20-18(12-25-21(17)20)14-6-8-16(24-2)9-7-14/h3-10,12,17H,11H2,1-2H3,(H,22,23)/t17-/m1/s1. The van der Waals surface area contributed by atoms with Crippen LogP contribution in [0, 0.1) is 6.92 Å². The number of anilines is 1. The Hall–Kier alpha value is -2.59.